The Bertz CT molecular complexity index is 1460. The van der Waals surface area contributed by atoms with Crippen LogP contribution in [0.2, 0.25) is 0 Å². The lowest BCUT2D eigenvalue weighted by Gasteiger charge is -2.21. The molecule has 0 aromatic carbocycles. The van der Waals surface area contributed by atoms with E-state index in [0.29, 0.717) is 40.9 Å². The minimum absolute atomic E-state index is 0.0399. The SMILES string of the molecule is Cc1c(P(C)(C)=O)sc(-c2cn(C)c(=O)c3[nH]c(C(=O)NC(C)C)cc23)c1OCC1CCC(=O)N1C. The van der Waals surface area contributed by atoms with Crippen LogP contribution in [0.15, 0.2) is 17.1 Å². The van der Waals surface area contributed by atoms with E-state index in [4.69, 9.17) is 4.74 Å². The Hall–Kier alpha value is -2.84. The average molecular weight is 533 g/mol. The fraction of sp³-hybridized carbons (Fsp3) is 0.480. The monoisotopic (exact) mass is 532 g/mol. The zero-order chi connectivity index (χ0) is 26.5. The molecule has 1 aliphatic rings. The molecular weight excluding hydrogens is 499 g/mol. The number of nitrogens with zero attached hydrogens (tertiary/aromatic N) is 2. The van der Waals surface area contributed by atoms with Crippen LogP contribution in [0.25, 0.3) is 21.3 Å². The zero-order valence-electron chi connectivity index (χ0n) is 21.7. The van der Waals surface area contributed by atoms with Gasteiger partial charge >= 0.3 is 0 Å². The van der Waals surface area contributed by atoms with Gasteiger partial charge in [0.1, 0.15) is 30.7 Å². The molecule has 2 N–H and O–H groups in total. The Kier molecular flexibility index (Phi) is 6.96. The summed E-state index contributed by atoms with van der Waals surface area (Å²) in [6, 6.07) is 1.59. The van der Waals surface area contributed by atoms with E-state index in [1.54, 1.807) is 44.6 Å². The molecule has 0 radical (unpaired) electrons. The minimum Gasteiger partial charge on any atom is -0.490 e. The molecule has 194 valence electrons. The van der Waals surface area contributed by atoms with Crippen LogP contribution in [-0.4, -0.2) is 65.3 Å². The largest absolute Gasteiger partial charge is 0.490 e. The van der Waals surface area contributed by atoms with E-state index in [9.17, 15) is 18.9 Å². The van der Waals surface area contributed by atoms with Gasteiger partial charge in [-0.05, 0) is 46.6 Å². The lowest BCUT2D eigenvalue weighted by Crippen LogP contribution is -2.33. The number of ether oxygens (including phenoxy) is 1. The van der Waals surface area contributed by atoms with Gasteiger partial charge in [0.25, 0.3) is 11.5 Å². The van der Waals surface area contributed by atoms with Gasteiger partial charge in [0.2, 0.25) is 5.91 Å². The van der Waals surface area contributed by atoms with Crippen molar-refractivity contribution in [3.05, 3.63) is 33.9 Å². The second kappa shape index (κ2) is 9.56. The Morgan fingerprint density at radius 2 is 2.00 bits per heavy atom. The highest BCUT2D eigenvalue weighted by molar-refractivity contribution is 7.76. The molecule has 0 bridgehead atoms. The van der Waals surface area contributed by atoms with Crippen LogP contribution in [0.5, 0.6) is 5.75 Å². The number of likely N-dealkylation sites (N-methyl/N-ethyl adjacent to an activating group) is 1. The Labute approximate surface area is 214 Å². The molecule has 4 rings (SSSR count). The molecule has 36 heavy (non-hydrogen) atoms. The van der Waals surface area contributed by atoms with E-state index in [2.05, 4.69) is 10.3 Å². The fourth-order valence-electron chi connectivity index (χ4n) is 4.57. The van der Waals surface area contributed by atoms with Crippen molar-refractivity contribution < 1.29 is 18.9 Å². The number of hydrogen-bond acceptors (Lipinski definition) is 6. The van der Waals surface area contributed by atoms with E-state index < -0.39 is 7.14 Å². The number of aromatic amines is 1. The van der Waals surface area contributed by atoms with Crippen LogP contribution < -0.4 is 20.2 Å². The van der Waals surface area contributed by atoms with E-state index in [1.165, 1.54) is 15.9 Å². The molecule has 11 heteroatoms. The van der Waals surface area contributed by atoms with E-state index in [1.807, 2.05) is 20.8 Å². The maximum Gasteiger partial charge on any atom is 0.274 e. The van der Waals surface area contributed by atoms with Crippen molar-refractivity contribution in [2.45, 2.75) is 45.7 Å². The van der Waals surface area contributed by atoms with Crippen LogP contribution in [0.1, 0.15) is 42.7 Å². The molecule has 9 nitrogen and oxygen atoms in total. The van der Waals surface area contributed by atoms with E-state index in [0.717, 1.165) is 21.5 Å². The molecule has 1 saturated heterocycles. The number of H-pyrrole nitrogens is 1. The number of fused-ring (bicyclic) bond motifs is 1. The number of pyridine rings is 1. The Morgan fingerprint density at radius 3 is 2.58 bits per heavy atom. The van der Waals surface area contributed by atoms with Crippen molar-refractivity contribution in [3.8, 4) is 16.2 Å². The number of carbonyl (C=O) groups excluding carboxylic acids is 2. The lowest BCUT2D eigenvalue weighted by molar-refractivity contribution is -0.127. The standard InChI is InChI=1S/C25H33N4O5PS/c1-13(2)26-23(31)18-10-16-17(11-28(4)24(32)20(16)27-18)22-21(14(3)25(36-22)35(6,7)33)34-12-15-8-9-19(30)29(15)5/h10-11,13,15,27H,8-9,12H2,1-7H3,(H,26,31). The number of carbonyl (C=O) groups is 2. The van der Waals surface area contributed by atoms with Gasteiger partial charge in [-0.15, -0.1) is 11.3 Å². The topological polar surface area (TPSA) is 114 Å². The third kappa shape index (κ3) is 4.76. The fourth-order valence-corrected chi connectivity index (χ4v) is 7.65. The van der Waals surface area contributed by atoms with Gasteiger partial charge in [0.05, 0.1) is 15.5 Å². The Balaban J connectivity index is 1.87. The Morgan fingerprint density at radius 1 is 1.31 bits per heavy atom. The highest BCUT2D eigenvalue weighted by Crippen LogP contribution is 2.48. The van der Waals surface area contributed by atoms with Crippen molar-refractivity contribution in [1.82, 2.24) is 19.8 Å². The number of hydrogen-bond donors (Lipinski definition) is 2. The van der Waals surface area contributed by atoms with Gasteiger partial charge in [0.15, 0.2) is 0 Å². The summed E-state index contributed by atoms with van der Waals surface area (Å²) < 4.78 is 21.7. The van der Waals surface area contributed by atoms with Crippen molar-refractivity contribution in [3.63, 3.8) is 0 Å². The molecule has 3 aromatic rings. The number of nitrogens with one attached hydrogen (secondary N) is 2. The predicted molar refractivity (Wildman–Crippen MR) is 145 cm³/mol. The first-order valence-electron chi connectivity index (χ1n) is 11.9. The van der Waals surface area contributed by atoms with E-state index >= 15 is 0 Å². The van der Waals surface area contributed by atoms with E-state index in [-0.39, 0.29) is 29.5 Å². The smallest absolute Gasteiger partial charge is 0.274 e. The maximum absolute atomic E-state index is 13.2. The first kappa shape index (κ1) is 26.2. The summed E-state index contributed by atoms with van der Waals surface area (Å²) in [5.74, 6) is 0.396. The number of likely N-dealkylation sites (tertiary alicyclic amines) is 1. The highest BCUT2D eigenvalue weighted by atomic mass is 32.1. The molecule has 3 aromatic heterocycles. The van der Waals surface area contributed by atoms with Gasteiger partial charge in [-0.1, -0.05) is 0 Å². The molecule has 0 aliphatic carbocycles. The van der Waals surface area contributed by atoms with Crippen molar-refractivity contribution in [2.75, 3.05) is 27.0 Å². The highest BCUT2D eigenvalue weighted by Gasteiger charge is 2.31. The molecule has 1 unspecified atom stereocenters. The van der Waals surface area contributed by atoms with Crippen LogP contribution in [0.3, 0.4) is 0 Å². The molecular formula is C25H33N4O5PS. The second-order valence-electron chi connectivity index (χ2n) is 10.1. The van der Waals surface area contributed by atoms with Crippen molar-refractivity contribution >= 4 is 45.8 Å². The number of aryl methyl sites for hydroxylation is 1. The molecule has 1 atom stereocenters. The van der Waals surface area contributed by atoms with Gasteiger partial charge in [-0.2, -0.15) is 0 Å². The molecule has 4 heterocycles. The lowest BCUT2D eigenvalue weighted by atomic mass is 10.1. The van der Waals surface area contributed by atoms with Crippen molar-refractivity contribution in [2.24, 2.45) is 7.05 Å². The van der Waals surface area contributed by atoms with Gasteiger partial charge in [-0.3, -0.25) is 14.4 Å². The van der Waals surface area contributed by atoms with Crippen molar-refractivity contribution in [1.29, 1.82) is 0 Å². The van der Waals surface area contributed by atoms with Crippen LogP contribution in [-0.2, 0) is 16.4 Å². The molecule has 0 saturated carbocycles. The summed E-state index contributed by atoms with van der Waals surface area (Å²) in [6.07, 6.45) is 2.94. The summed E-state index contributed by atoms with van der Waals surface area (Å²) in [5, 5.41) is 3.44. The summed E-state index contributed by atoms with van der Waals surface area (Å²) >= 11 is 1.39. The maximum atomic E-state index is 13.2. The first-order chi connectivity index (χ1) is 16.8. The number of aromatic nitrogens is 2. The van der Waals surface area contributed by atoms with Crippen LogP contribution in [0, 0.1) is 6.92 Å². The number of thiophene rings is 1. The molecule has 1 aliphatic heterocycles. The summed E-state index contributed by atoms with van der Waals surface area (Å²) in [4.78, 5) is 43.1. The summed E-state index contributed by atoms with van der Waals surface area (Å²) in [5.41, 5.74) is 1.87. The normalized spacial score (nSPS) is 16.4. The van der Waals surface area contributed by atoms with Gasteiger partial charge in [0, 0.05) is 49.3 Å². The number of rotatable bonds is 7. The molecule has 1 fully saturated rings. The van der Waals surface area contributed by atoms with Crippen LogP contribution >= 0.6 is 18.5 Å². The second-order valence-corrected chi connectivity index (χ2v) is 14.6. The zero-order valence-corrected chi connectivity index (χ0v) is 23.4. The van der Waals surface area contributed by atoms with Crippen LogP contribution in [0.4, 0.5) is 0 Å². The summed E-state index contributed by atoms with van der Waals surface area (Å²) in [7, 11) is 0.811. The molecule has 0 spiro atoms. The third-order valence-electron chi connectivity index (χ3n) is 6.48. The summed E-state index contributed by atoms with van der Waals surface area (Å²) in [6.45, 7) is 9.40. The third-order valence-corrected chi connectivity index (χ3v) is 10.5. The van der Waals surface area contributed by atoms with Gasteiger partial charge < -0.3 is 29.1 Å². The predicted octanol–water partition coefficient (Wildman–Crippen LogP) is 3.29. The minimum atomic E-state index is -2.63. The number of amides is 2. The molecule has 2 amide bonds. The quantitative estimate of drug-likeness (QED) is 0.454. The first-order valence-corrected chi connectivity index (χ1v) is 15.3. The van der Waals surface area contributed by atoms with Gasteiger partial charge in [-0.25, -0.2) is 0 Å². The average Bonchev–Trinajstić information content (AvgIpc) is 3.46.